The van der Waals surface area contributed by atoms with Gasteiger partial charge in [-0.3, -0.25) is 4.79 Å². The summed E-state index contributed by atoms with van der Waals surface area (Å²) in [6, 6.07) is 13.9. The van der Waals surface area contributed by atoms with Crippen molar-refractivity contribution < 1.29 is 4.74 Å². The molecular weight excluding hydrogens is 328 g/mol. The number of fused-ring (bicyclic) bond motifs is 1. The van der Waals surface area contributed by atoms with Gasteiger partial charge in [0.05, 0.1) is 25.0 Å². The fourth-order valence-electron chi connectivity index (χ4n) is 3.46. The minimum atomic E-state index is -0.230. The van der Waals surface area contributed by atoms with Crippen LogP contribution < -0.4 is 15.6 Å². The van der Waals surface area contributed by atoms with Gasteiger partial charge in [0.15, 0.2) is 0 Å². The Labute approximate surface area is 151 Å². The number of benzene rings is 1. The van der Waals surface area contributed by atoms with Crippen LogP contribution in [0.3, 0.4) is 0 Å². The lowest BCUT2D eigenvalue weighted by Gasteiger charge is -2.20. The van der Waals surface area contributed by atoms with Crippen molar-refractivity contribution in [1.82, 2.24) is 14.5 Å². The van der Waals surface area contributed by atoms with Crippen LogP contribution in [0.4, 0.5) is 11.6 Å². The van der Waals surface area contributed by atoms with E-state index in [1.54, 1.807) is 19.4 Å². The van der Waals surface area contributed by atoms with Gasteiger partial charge in [0, 0.05) is 17.8 Å². The molecule has 0 spiro atoms. The molecule has 0 radical (unpaired) electrons. The minimum Gasteiger partial charge on any atom is -0.481 e. The van der Waals surface area contributed by atoms with Crippen molar-refractivity contribution in [1.29, 1.82) is 0 Å². The van der Waals surface area contributed by atoms with Crippen LogP contribution in [0, 0.1) is 6.92 Å². The number of methoxy groups -OCH3 is 1. The second kappa shape index (κ2) is 6.63. The Hall–Kier alpha value is -3.15. The molecule has 1 aliphatic heterocycles. The molecule has 6 nitrogen and oxygen atoms in total. The number of rotatable bonds is 4. The van der Waals surface area contributed by atoms with Crippen molar-refractivity contribution in [2.75, 3.05) is 12.4 Å². The highest BCUT2D eigenvalue weighted by molar-refractivity contribution is 5.58. The Morgan fingerprint density at radius 2 is 2.04 bits per heavy atom. The van der Waals surface area contributed by atoms with Crippen molar-refractivity contribution in [2.24, 2.45) is 0 Å². The van der Waals surface area contributed by atoms with Crippen molar-refractivity contribution >= 4 is 11.6 Å². The van der Waals surface area contributed by atoms with Crippen LogP contribution in [-0.4, -0.2) is 21.6 Å². The van der Waals surface area contributed by atoms with Crippen molar-refractivity contribution in [3.63, 3.8) is 0 Å². The van der Waals surface area contributed by atoms with E-state index in [2.05, 4.69) is 32.0 Å². The van der Waals surface area contributed by atoms with Gasteiger partial charge in [-0.2, -0.15) is 4.98 Å². The minimum absolute atomic E-state index is 0.160. The van der Waals surface area contributed by atoms with E-state index in [1.807, 2.05) is 31.2 Å². The SMILES string of the molecule is COc1cc(C)c(Nc2nc(=O)cc3n2C(c2ccccc2)CC3)cn1. The summed E-state index contributed by atoms with van der Waals surface area (Å²) < 4.78 is 7.28. The fraction of sp³-hybridized carbons (Fsp3) is 0.250. The summed E-state index contributed by atoms with van der Waals surface area (Å²) in [4.78, 5) is 20.6. The van der Waals surface area contributed by atoms with Gasteiger partial charge >= 0.3 is 0 Å². The zero-order valence-corrected chi connectivity index (χ0v) is 14.8. The summed E-state index contributed by atoms with van der Waals surface area (Å²) in [7, 11) is 1.59. The molecule has 6 heteroatoms. The quantitative estimate of drug-likeness (QED) is 0.784. The van der Waals surface area contributed by atoms with Gasteiger partial charge in [0.1, 0.15) is 0 Å². The molecule has 1 unspecified atom stereocenters. The Balaban J connectivity index is 1.77. The Morgan fingerprint density at radius 1 is 1.23 bits per heavy atom. The molecule has 1 aromatic carbocycles. The first-order valence-corrected chi connectivity index (χ1v) is 8.61. The molecule has 0 fully saturated rings. The molecule has 4 rings (SSSR count). The topological polar surface area (TPSA) is 69.0 Å². The lowest BCUT2D eigenvalue weighted by atomic mass is 10.1. The largest absolute Gasteiger partial charge is 0.481 e. The average molecular weight is 348 g/mol. The summed E-state index contributed by atoms with van der Waals surface area (Å²) in [5.74, 6) is 1.10. The molecule has 0 aliphatic carbocycles. The number of aryl methyl sites for hydroxylation is 2. The van der Waals surface area contributed by atoms with Crippen LogP contribution in [0.25, 0.3) is 0 Å². The lowest BCUT2D eigenvalue weighted by Crippen LogP contribution is -2.19. The highest BCUT2D eigenvalue weighted by Gasteiger charge is 2.26. The molecule has 3 aromatic rings. The molecule has 0 saturated heterocycles. The Kier molecular flexibility index (Phi) is 4.16. The zero-order chi connectivity index (χ0) is 18.1. The highest BCUT2D eigenvalue weighted by Crippen LogP contribution is 2.34. The number of pyridine rings is 1. The summed E-state index contributed by atoms with van der Waals surface area (Å²) in [5, 5.41) is 3.30. The first-order chi connectivity index (χ1) is 12.7. The molecule has 1 aliphatic rings. The number of hydrogen-bond acceptors (Lipinski definition) is 5. The van der Waals surface area contributed by atoms with Crippen molar-refractivity contribution in [3.8, 4) is 5.88 Å². The van der Waals surface area contributed by atoms with Crippen LogP contribution in [0.1, 0.15) is 29.3 Å². The molecule has 3 heterocycles. The van der Waals surface area contributed by atoms with Crippen LogP contribution >= 0.6 is 0 Å². The molecule has 0 saturated carbocycles. The van der Waals surface area contributed by atoms with Gasteiger partial charge < -0.3 is 14.6 Å². The predicted octanol–water partition coefficient (Wildman–Crippen LogP) is 3.23. The fourth-order valence-corrected chi connectivity index (χ4v) is 3.46. The Morgan fingerprint density at radius 3 is 2.77 bits per heavy atom. The van der Waals surface area contributed by atoms with E-state index < -0.39 is 0 Å². The maximum atomic E-state index is 12.1. The third kappa shape index (κ3) is 2.94. The number of anilines is 2. The monoisotopic (exact) mass is 348 g/mol. The second-order valence-corrected chi connectivity index (χ2v) is 6.41. The third-order valence-electron chi connectivity index (χ3n) is 4.76. The number of nitrogens with zero attached hydrogens (tertiary/aromatic N) is 3. The summed E-state index contributed by atoms with van der Waals surface area (Å²) in [6.45, 7) is 1.97. The van der Waals surface area contributed by atoms with E-state index >= 15 is 0 Å². The predicted molar refractivity (Wildman–Crippen MR) is 100 cm³/mol. The van der Waals surface area contributed by atoms with E-state index in [0.717, 1.165) is 29.8 Å². The van der Waals surface area contributed by atoms with E-state index in [4.69, 9.17) is 4.74 Å². The van der Waals surface area contributed by atoms with Crippen LogP contribution in [0.5, 0.6) is 5.88 Å². The summed E-state index contributed by atoms with van der Waals surface area (Å²) in [5.41, 5.74) is 3.76. The van der Waals surface area contributed by atoms with E-state index in [0.29, 0.717) is 11.8 Å². The zero-order valence-electron chi connectivity index (χ0n) is 14.8. The smallest absolute Gasteiger partial charge is 0.274 e. The molecule has 2 aromatic heterocycles. The van der Waals surface area contributed by atoms with Gasteiger partial charge in [-0.1, -0.05) is 30.3 Å². The van der Waals surface area contributed by atoms with Crippen molar-refractivity contribution in [2.45, 2.75) is 25.8 Å². The molecule has 0 bridgehead atoms. The standard InChI is InChI=1S/C20H20N4O2/c1-13-10-19(26-2)21-12-16(13)22-20-23-18(25)11-15-8-9-17(24(15)20)14-6-4-3-5-7-14/h3-7,10-12,17H,8-9H2,1-2H3,(H,22,23,25). The molecule has 132 valence electrons. The Bertz CT molecular complexity index is 998. The third-order valence-corrected chi connectivity index (χ3v) is 4.76. The van der Waals surface area contributed by atoms with Gasteiger partial charge in [-0.25, -0.2) is 4.98 Å². The molecule has 26 heavy (non-hydrogen) atoms. The van der Waals surface area contributed by atoms with Crippen LogP contribution in [-0.2, 0) is 6.42 Å². The first kappa shape index (κ1) is 16.3. The van der Waals surface area contributed by atoms with E-state index in [-0.39, 0.29) is 11.6 Å². The first-order valence-electron chi connectivity index (χ1n) is 8.61. The molecule has 1 N–H and O–H groups in total. The van der Waals surface area contributed by atoms with Crippen LogP contribution in [0.15, 0.2) is 53.5 Å². The maximum Gasteiger partial charge on any atom is 0.274 e. The number of ether oxygens (including phenoxy) is 1. The number of hydrogen-bond donors (Lipinski definition) is 1. The number of nitrogens with one attached hydrogen (secondary N) is 1. The molecule has 1 atom stereocenters. The van der Waals surface area contributed by atoms with Gasteiger partial charge in [0.2, 0.25) is 11.8 Å². The van der Waals surface area contributed by atoms with Gasteiger partial charge in [0.25, 0.3) is 5.56 Å². The molecule has 0 amide bonds. The normalized spacial score (nSPS) is 15.5. The van der Waals surface area contributed by atoms with E-state index in [9.17, 15) is 4.79 Å². The lowest BCUT2D eigenvalue weighted by molar-refractivity contribution is 0.397. The summed E-state index contributed by atoms with van der Waals surface area (Å²) >= 11 is 0. The summed E-state index contributed by atoms with van der Waals surface area (Å²) in [6.07, 6.45) is 3.50. The van der Waals surface area contributed by atoms with Crippen molar-refractivity contribution in [3.05, 3.63) is 75.8 Å². The van der Waals surface area contributed by atoms with E-state index in [1.165, 1.54) is 5.56 Å². The van der Waals surface area contributed by atoms with Gasteiger partial charge in [-0.15, -0.1) is 0 Å². The maximum absolute atomic E-state index is 12.1. The molecular formula is C20H20N4O2. The average Bonchev–Trinajstić information content (AvgIpc) is 3.08. The van der Waals surface area contributed by atoms with Gasteiger partial charge in [-0.05, 0) is 30.9 Å². The van der Waals surface area contributed by atoms with Crippen LogP contribution in [0.2, 0.25) is 0 Å². The second-order valence-electron chi connectivity index (χ2n) is 6.41. The highest BCUT2D eigenvalue weighted by atomic mass is 16.5. The number of aromatic nitrogens is 3.